The number of amides is 1. The van der Waals surface area contributed by atoms with Gasteiger partial charge in [-0.3, -0.25) is 4.79 Å². The molecule has 1 atom stereocenters. The summed E-state index contributed by atoms with van der Waals surface area (Å²) < 4.78 is 0. The molecule has 4 heteroatoms. The van der Waals surface area contributed by atoms with Crippen LogP contribution >= 0.6 is 12.6 Å². The first-order valence-electron chi connectivity index (χ1n) is 4.42. The smallest absolute Gasteiger partial charge is 0.228 e. The van der Waals surface area contributed by atoms with Gasteiger partial charge >= 0.3 is 0 Å². The molecule has 0 aromatic heterocycles. The monoisotopic (exact) mass is 209 g/mol. The highest BCUT2D eigenvalue weighted by Crippen LogP contribution is 2.26. The number of nitrogens with one attached hydrogen (secondary N) is 1. The van der Waals surface area contributed by atoms with E-state index in [1.165, 1.54) is 0 Å². The van der Waals surface area contributed by atoms with Gasteiger partial charge in [0.05, 0.1) is 12.5 Å². The number of carbonyl (C=O) groups is 1. The zero-order valence-electron chi connectivity index (χ0n) is 7.53. The van der Waals surface area contributed by atoms with Crippen LogP contribution in [-0.2, 0) is 11.2 Å². The van der Waals surface area contributed by atoms with Crippen molar-refractivity contribution in [3.05, 3.63) is 29.3 Å². The van der Waals surface area contributed by atoms with Crippen molar-refractivity contribution in [2.24, 2.45) is 0 Å². The molecule has 1 aliphatic heterocycles. The third-order valence-electron chi connectivity index (χ3n) is 2.31. The third kappa shape index (κ3) is 1.63. The van der Waals surface area contributed by atoms with E-state index in [9.17, 15) is 9.90 Å². The number of aliphatic hydroxyl groups excluding tert-OH is 1. The molecule has 1 unspecified atom stereocenters. The van der Waals surface area contributed by atoms with Gasteiger partial charge in [0.25, 0.3) is 0 Å². The zero-order chi connectivity index (χ0) is 10.1. The van der Waals surface area contributed by atoms with E-state index in [2.05, 4.69) is 17.9 Å². The van der Waals surface area contributed by atoms with Gasteiger partial charge in [-0.2, -0.15) is 12.6 Å². The van der Waals surface area contributed by atoms with Gasteiger partial charge in [0.2, 0.25) is 5.91 Å². The van der Waals surface area contributed by atoms with Crippen LogP contribution in [-0.4, -0.2) is 16.8 Å². The van der Waals surface area contributed by atoms with Crippen LogP contribution in [0.2, 0.25) is 0 Å². The van der Waals surface area contributed by atoms with Crippen LogP contribution in [0.5, 0.6) is 0 Å². The molecule has 0 saturated heterocycles. The van der Waals surface area contributed by atoms with E-state index in [0.717, 1.165) is 16.8 Å². The Labute approximate surface area is 87.5 Å². The lowest BCUT2D eigenvalue weighted by Crippen LogP contribution is -2.03. The molecule has 0 spiro atoms. The fraction of sp³-hybridized carbons (Fsp3) is 0.300. The van der Waals surface area contributed by atoms with Gasteiger partial charge in [-0.25, -0.2) is 0 Å². The molecule has 1 amide bonds. The van der Waals surface area contributed by atoms with Crippen LogP contribution in [0.4, 0.5) is 5.69 Å². The first-order valence-corrected chi connectivity index (χ1v) is 5.05. The Kier molecular flexibility index (Phi) is 2.48. The second-order valence-corrected chi connectivity index (χ2v) is 3.71. The minimum Gasteiger partial charge on any atom is -0.388 e. The molecule has 1 heterocycles. The normalized spacial score (nSPS) is 16.3. The van der Waals surface area contributed by atoms with Gasteiger partial charge in [0.1, 0.15) is 0 Å². The minimum atomic E-state index is -0.556. The Morgan fingerprint density at radius 2 is 2.36 bits per heavy atom. The highest BCUT2D eigenvalue weighted by Gasteiger charge is 2.18. The summed E-state index contributed by atoms with van der Waals surface area (Å²) in [6.45, 7) is 0. The summed E-state index contributed by atoms with van der Waals surface area (Å²) in [7, 11) is 0. The van der Waals surface area contributed by atoms with Crippen LogP contribution in [0.15, 0.2) is 18.2 Å². The maximum Gasteiger partial charge on any atom is 0.228 e. The van der Waals surface area contributed by atoms with Crippen molar-refractivity contribution in [3.63, 3.8) is 0 Å². The standard InChI is InChI=1S/C10H11NO2S/c12-9(5-14)6-1-2-8-7(3-6)4-10(13)11-8/h1-3,9,12,14H,4-5H2,(H,11,13). The van der Waals surface area contributed by atoms with Gasteiger partial charge in [-0.05, 0) is 17.2 Å². The van der Waals surface area contributed by atoms with Crippen molar-refractivity contribution in [2.45, 2.75) is 12.5 Å². The van der Waals surface area contributed by atoms with Crippen molar-refractivity contribution < 1.29 is 9.90 Å². The molecule has 2 rings (SSSR count). The number of hydrogen-bond donors (Lipinski definition) is 3. The molecule has 3 nitrogen and oxygen atoms in total. The fourth-order valence-corrected chi connectivity index (χ4v) is 1.77. The summed E-state index contributed by atoms with van der Waals surface area (Å²) in [4.78, 5) is 11.1. The zero-order valence-corrected chi connectivity index (χ0v) is 8.42. The van der Waals surface area contributed by atoms with Crippen molar-refractivity contribution in [2.75, 3.05) is 11.1 Å². The summed E-state index contributed by atoms with van der Waals surface area (Å²) in [5.74, 6) is 0.401. The van der Waals surface area contributed by atoms with E-state index in [-0.39, 0.29) is 5.91 Å². The lowest BCUT2D eigenvalue weighted by Gasteiger charge is -2.08. The summed E-state index contributed by atoms with van der Waals surface area (Å²) in [5.41, 5.74) is 2.62. The number of fused-ring (bicyclic) bond motifs is 1. The molecule has 0 radical (unpaired) electrons. The molecule has 0 aliphatic carbocycles. The average molecular weight is 209 g/mol. The van der Waals surface area contributed by atoms with Gasteiger partial charge in [-0.15, -0.1) is 0 Å². The van der Waals surface area contributed by atoms with Gasteiger partial charge in [0.15, 0.2) is 0 Å². The average Bonchev–Trinajstić information content (AvgIpc) is 2.55. The topological polar surface area (TPSA) is 49.3 Å². The molecule has 1 aromatic carbocycles. The van der Waals surface area contributed by atoms with Crippen LogP contribution in [0.3, 0.4) is 0 Å². The lowest BCUT2D eigenvalue weighted by atomic mass is 10.1. The highest BCUT2D eigenvalue weighted by molar-refractivity contribution is 7.80. The van der Waals surface area contributed by atoms with E-state index in [4.69, 9.17) is 0 Å². The van der Waals surface area contributed by atoms with Gasteiger partial charge in [0, 0.05) is 11.4 Å². The summed E-state index contributed by atoms with van der Waals surface area (Å²) >= 11 is 4.02. The number of benzene rings is 1. The third-order valence-corrected chi connectivity index (χ3v) is 2.66. The van der Waals surface area contributed by atoms with E-state index in [1.54, 1.807) is 0 Å². The predicted molar refractivity (Wildman–Crippen MR) is 57.6 cm³/mol. The van der Waals surface area contributed by atoms with Gasteiger partial charge in [-0.1, -0.05) is 12.1 Å². The number of aliphatic hydroxyl groups is 1. The number of rotatable bonds is 2. The molecule has 0 fully saturated rings. The van der Waals surface area contributed by atoms with Crippen molar-refractivity contribution in [3.8, 4) is 0 Å². The van der Waals surface area contributed by atoms with Crippen LogP contribution in [0.1, 0.15) is 17.2 Å². The van der Waals surface area contributed by atoms with E-state index in [0.29, 0.717) is 12.2 Å². The Morgan fingerprint density at radius 3 is 3.07 bits per heavy atom. The second kappa shape index (κ2) is 3.63. The molecular formula is C10H11NO2S. The number of carbonyl (C=O) groups excluding carboxylic acids is 1. The molecule has 0 saturated carbocycles. The summed E-state index contributed by atoms with van der Waals surface area (Å²) in [6, 6.07) is 5.49. The molecule has 14 heavy (non-hydrogen) atoms. The maximum atomic E-state index is 11.1. The molecule has 2 N–H and O–H groups in total. The maximum absolute atomic E-state index is 11.1. The van der Waals surface area contributed by atoms with Crippen LogP contribution in [0, 0.1) is 0 Å². The van der Waals surface area contributed by atoms with Crippen LogP contribution < -0.4 is 5.32 Å². The van der Waals surface area contributed by atoms with Crippen molar-refractivity contribution in [1.29, 1.82) is 0 Å². The fourth-order valence-electron chi connectivity index (χ4n) is 1.56. The Balaban J connectivity index is 2.32. The summed E-state index contributed by atoms with van der Waals surface area (Å²) in [5, 5.41) is 12.3. The first-order chi connectivity index (χ1) is 6.70. The van der Waals surface area contributed by atoms with E-state index >= 15 is 0 Å². The molecular weight excluding hydrogens is 198 g/mol. The van der Waals surface area contributed by atoms with E-state index < -0.39 is 6.10 Å². The number of hydrogen-bond acceptors (Lipinski definition) is 3. The first kappa shape index (κ1) is 9.55. The van der Waals surface area contributed by atoms with Gasteiger partial charge < -0.3 is 10.4 Å². The Hall–Kier alpha value is -1.00. The molecule has 1 aliphatic rings. The minimum absolute atomic E-state index is 0.0116. The van der Waals surface area contributed by atoms with Crippen molar-refractivity contribution in [1.82, 2.24) is 0 Å². The largest absolute Gasteiger partial charge is 0.388 e. The Bertz CT molecular complexity index is 378. The summed E-state index contributed by atoms with van der Waals surface area (Å²) in [6.07, 6.45) is -0.151. The SMILES string of the molecule is O=C1Cc2cc(C(O)CS)ccc2N1. The van der Waals surface area contributed by atoms with E-state index in [1.807, 2.05) is 18.2 Å². The molecule has 0 bridgehead atoms. The molecule has 1 aromatic rings. The highest BCUT2D eigenvalue weighted by atomic mass is 32.1. The number of anilines is 1. The number of thiol groups is 1. The van der Waals surface area contributed by atoms with Crippen molar-refractivity contribution >= 4 is 24.2 Å². The quantitative estimate of drug-likeness (QED) is 0.640. The Morgan fingerprint density at radius 1 is 1.57 bits per heavy atom. The molecule has 74 valence electrons. The van der Waals surface area contributed by atoms with Crippen LogP contribution in [0.25, 0.3) is 0 Å². The second-order valence-electron chi connectivity index (χ2n) is 3.34. The predicted octanol–water partition coefficient (Wildman–Crippen LogP) is 1.14. The lowest BCUT2D eigenvalue weighted by molar-refractivity contribution is -0.115.